The summed E-state index contributed by atoms with van der Waals surface area (Å²) in [5.74, 6) is 0.0214. The minimum absolute atomic E-state index is 0.0214. The van der Waals surface area contributed by atoms with Crippen LogP contribution >= 0.6 is 11.6 Å². The fraction of sp³-hybridized carbons (Fsp3) is 0. The number of rotatable bonds is 3. The Bertz CT molecular complexity index is 667. The molecule has 0 saturated heterocycles. The third-order valence-electron chi connectivity index (χ3n) is 2.25. The minimum atomic E-state index is -4.56. The molecule has 0 aliphatic carbocycles. The van der Waals surface area contributed by atoms with Gasteiger partial charge in [0.2, 0.25) is 0 Å². The summed E-state index contributed by atoms with van der Waals surface area (Å²) in [6.45, 7) is 0. The van der Waals surface area contributed by atoms with Gasteiger partial charge in [-0.25, -0.2) is 0 Å². The van der Waals surface area contributed by atoms with E-state index in [1.54, 1.807) is 42.5 Å². The van der Waals surface area contributed by atoms with Gasteiger partial charge in [-0.05, 0) is 12.1 Å². The van der Waals surface area contributed by atoms with E-state index in [-0.39, 0.29) is 5.75 Å². The van der Waals surface area contributed by atoms with Crippen LogP contribution in [0.15, 0.2) is 48.5 Å². The maximum absolute atomic E-state index is 10.8. The second-order valence-electron chi connectivity index (χ2n) is 3.49. The van der Waals surface area contributed by atoms with Crippen LogP contribution in [0.4, 0.5) is 0 Å². The molecule has 0 radical (unpaired) electrons. The molecule has 94 valence electrons. The lowest BCUT2D eigenvalue weighted by atomic mass is 10.1. The number of benzene rings is 2. The predicted molar refractivity (Wildman–Crippen MR) is 69.1 cm³/mol. The first-order chi connectivity index (χ1) is 8.47. The first-order valence-electron chi connectivity index (χ1n) is 4.98. The lowest BCUT2D eigenvalue weighted by Crippen LogP contribution is -2.07. The Morgan fingerprint density at radius 2 is 1.50 bits per heavy atom. The molecule has 1 N–H and O–H groups in total. The van der Waals surface area contributed by atoms with Crippen molar-refractivity contribution in [1.82, 2.24) is 0 Å². The van der Waals surface area contributed by atoms with Crippen molar-refractivity contribution in [2.24, 2.45) is 0 Å². The van der Waals surface area contributed by atoms with Crippen molar-refractivity contribution in [1.29, 1.82) is 0 Å². The van der Waals surface area contributed by atoms with Crippen LogP contribution in [-0.2, 0) is 10.4 Å². The maximum atomic E-state index is 10.8. The predicted octanol–water partition coefficient (Wildman–Crippen LogP) is 3.19. The summed E-state index contributed by atoms with van der Waals surface area (Å²) in [5, 5.41) is 0.462. The highest BCUT2D eigenvalue weighted by molar-refractivity contribution is 7.81. The van der Waals surface area contributed by atoms with Crippen LogP contribution in [0.25, 0.3) is 11.1 Å². The van der Waals surface area contributed by atoms with E-state index in [9.17, 15) is 8.42 Å². The Kier molecular flexibility index (Phi) is 3.56. The van der Waals surface area contributed by atoms with Crippen LogP contribution in [0, 0.1) is 0 Å². The van der Waals surface area contributed by atoms with E-state index in [4.69, 9.17) is 16.2 Å². The summed E-state index contributed by atoms with van der Waals surface area (Å²) >= 11 is 6.03. The molecule has 0 saturated carbocycles. The number of halogens is 1. The van der Waals surface area contributed by atoms with Gasteiger partial charge in [0.05, 0.1) is 0 Å². The van der Waals surface area contributed by atoms with E-state index in [1.807, 2.05) is 0 Å². The van der Waals surface area contributed by atoms with Crippen LogP contribution in [-0.4, -0.2) is 13.0 Å². The second kappa shape index (κ2) is 4.97. The van der Waals surface area contributed by atoms with Gasteiger partial charge in [-0.15, -0.1) is 0 Å². The van der Waals surface area contributed by atoms with Crippen LogP contribution < -0.4 is 4.18 Å². The fourth-order valence-electron chi connectivity index (χ4n) is 1.55. The Balaban J connectivity index is 2.56. The van der Waals surface area contributed by atoms with Crippen LogP contribution in [0.3, 0.4) is 0 Å². The molecule has 0 atom stereocenters. The molecule has 2 aromatic carbocycles. The molecular weight excluding hydrogens is 276 g/mol. The molecule has 6 heteroatoms. The average Bonchev–Trinajstić information content (AvgIpc) is 2.29. The zero-order valence-corrected chi connectivity index (χ0v) is 10.6. The normalized spacial score (nSPS) is 11.2. The quantitative estimate of drug-likeness (QED) is 0.879. The number of hydrogen-bond acceptors (Lipinski definition) is 3. The monoisotopic (exact) mass is 284 g/mol. The Labute approximate surface area is 110 Å². The van der Waals surface area contributed by atoms with Gasteiger partial charge in [-0.2, -0.15) is 8.42 Å². The van der Waals surface area contributed by atoms with Gasteiger partial charge in [0.1, 0.15) is 0 Å². The first kappa shape index (κ1) is 12.9. The molecule has 0 aliphatic heterocycles. The summed E-state index contributed by atoms with van der Waals surface area (Å²) in [7, 11) is -4.56. The highest BCUT2D eigenvalue weighted by Gasteiger charge is 2.13. The van der Waals surface area contributed by atoms with E-state index in [0.29, 0.717) is 16.1 Å². The van der Waals surface area contributed by atoms with Crippen LogP contribution in [0.2, 0.25) is 5.02 Å². The summed E-state index contributed by atoms with van der Waals surface area (Å²) in [6.07, 6.45) is 0. The molecule has 0 aliphatic rings. The highest BCUT2D eigenvalue weighted by atomic mass is 35.5. The van der Waals surface area contributed by atoms with Crippen molar-refractivity contribution in [3.05, 3.63) is 53.6 Å². The lowest BCUT2D eigenvalue weighted by Gasteiger charge is -2.09. The smallest absolute Gasteiger partial charge is 0.361 e. The summed E-state index contributed by atoms with van der Waals surface area (Å²) in [4.78, 5) is 0. The molecular formula is C12H9ClO4S. The van der Waals surface area contributed by atoms with E-state index in [2.05, 4.69) is 4.18 Å². The van der Waals surface area contributed by atoms with Gasteiger partial charge in [0.25, 0.3) is 0 Å². The van der Waals surface area contributed by atoms with Crippen molar-refractivity contribution in [3.63, 3.8) is 0 Å². The summed E-state index contributed by atoms with van der Waals surface area (Å²) < 4.78 is 34.8. The maximum Gasteiger partial charge on any atom is 0.446 e. The van der Waals surface area contributed by atoms with E-state index in [1.165, 1.54) is 6.07 Å². The molecule has 0 bridgehead atoms. The van der Waals surface area contributed by atoms with Crippen molar-refractivity contribution >= 4 is 22.0 Å². The molecule has 0 amide bonds. The van der Waals surface area contributed by atoms with E-state index < -0.39 is 10.4 Å². The Morgan fingerprint density at radius 3 is 2.11 bits per heavy atom. The Hall–Kier alpha value is -1.56. The SMILES string of the molecule is O=S(=O)(O)Oc1ccccc1-c1ccccc1Cl. The molecule has 0 aromatic heterocycles. The summed E-state index contributed by atoms with van der Waals surface area (Å²) in [5.41, 5.74) is 1.11. The Morgan fingerprint density at radius 1 is 0.944 bits per heavy atom. The van der Waals surface area contributed by atoms with Crippen molar-refractivity contribution < 1.29 is 17.2 Å². The molecule has 18 heavy (non-hydrogen) atoms. The zero-order chi connectivity index (χ0) is 13.2. The van der Waals surface area contributed by atoms with Crippen LogP contribution in [0.1, 0.15) is 0 Å². The van der Waals surface area contributed by atoms with Gasteiger partial charge in [-0.3, -0.25) is 4.55 Å². The minimum Gasteiger partial charge on any atom is -0.361 e. The first-order valence-corrected chi connectivity index (χ1v) is 6.72. The molecule has 2 rings (SSSR count). The van der Waals surface area contributed by atoms with Crippen molar-refractivity contribution in [3.8, 4) is 16.9 Å². The number of para-hydroxylation sites is 1. The molecule has 0 unspecified atom stereocenters. The fourth-order valence-corrected chi connectivity index (χ4v) is 2.16. The van der Waals surface area contributed by atoms with Gasteiger partial charge in [-0.1, -0.05) is 48.0 Å². The van der Waals surface area contributed by atoms with Crippen molar-refractivity contribution in [2.75, 3.05) is 0 Å². The third kappa shape index (κ3) is 3.01. The highest BCUT2D eigenvalue weighted by Crippen LogP contribution is 2.34. The standard InChI is InChI=1S/C12H9ClO4S/c13-11-7-3-1-5-9(11)10-6-2-4-8-12(10)17-18(14,15)16/h1-8H,(H,14,15,16). The van der Waals surface area contributed by atoms with E-state index in [0.717, 1.165) is 0 Å². The van der Waals surface area contributed by atoms with Crippen molar-refractivity contribution in [2.45, 2.75) is 0 Å². The average molecular weight is 285 g/mol. The molecule has 0 fully saturated rings. The van der Waals surface area contributed by atoms with Gasteiger partial charge in [0, 0.05) is 16.1 Å². The summed E-state index contributed by atoms with van der Waals surface area (Å²) in [6, 6.07) is 13.4. The third-order valence-corrected chi connectivity index (χ3v) is 2.97. The van der Waals surface area contributed by atoms with Gasteiger partial charge >= 0.3 is 10.4 Å². The molecule has 0 spiro atoms. The van der Waals surface area contributed by atoms with Crippen LogP contribution in [0.5, 0.6) is 5.75 Å². The zero-order valence-electron chi connectivity index (χ0n) is 9.08. The molecule has 0 heterocycles. The lowest BCUT2D eigenvalue weighted by molar-refractivity contribution is 0.387. The van der Waals surface area contributed by atoms with Gasteiger partial charge < -0.3 is 4.18 Å². The van der Waals surface area contributed by atoms with E-state index >= 15 is 0 Å². The van der Waals surface area contributed by atoms with Gasteiger partial charge in [0.15, 0.2) is 5.75 Å². The molecule has 4 nitrogen and oxygen atoms in total. The topological polar surface area (TPSA) is 63.6 Å². The largest absolute Gasteiger partial charge is 0.446 e. The second-order valence-corrected chi connectivity index (χ2v) is 4.92. The number of hydrogen-bond donors (Lipinski definition) is 1. The molecule has 2 aromatic rings.